The molecule has 0 amide bonds. The summed E-state index contributed by atoms with van der Waals surface area (Å²) in [6.07, 6.45) is 0. The predicted octanol–water partition coefficient (Wildman–Crippen LogP) is -0.661. The molecular formula is C5H8N4O. The molecule has 0 spiro atoms. The van der Waals surface area contributed by atoms with Gasteiger partial charge in [0.15, 0.2) is 0 Å². The van der Waals surface area contributed by atoms with Crippen LogP contribution in [0, 0.1) is 0 Å². The molecule has 0 aromatic carbocycles. The van der Waals surface area contributed by atoms with E-state index < -0.39 is 0 Å². The fourth-order valence-electron chi connectivity index (χ4n) is 0.875. The Morgan fingerprint density at radius 2 is 2.30 bits per heavy atom. The van der Waals surface area contributed by atoms with Crippen LogP contribution >= 0.6 is 0 Å². The molecule has 0 aliphatic carbocycles. The summed E-state index contributed by atoms with van der Waals surface area (Å²) in [4.78, 5) is 0. The number of aromatic nitrogens is 2. The van der Waals surface area contributed by atoms with Crippen molar-refractivity contribution in [2.45, 2.75) is 5.92 Å². The van der Waals surface area contributed by atoms with Gasteiger partial charge in [0.05, 0.1) is 5.92 Å². The summed E-state index contributed by atoms with van der Waals surface area (Å²) in [6, 6.07) is 0.155. The van der Waals surface area contributed by atoms with Gasteiger partial charge in [-0.2, -0.15) is 0 Å². The maximum atomic E-state index is 5.23. The minimum atomic E-state index is 0.155. The number of hydrogen-bond acceptors (Lipinski definition) is 5. The average molecular weight is 140 g/mol. The zero-order valence-corrected chi connectivity index (χ0v) is 5.37. The number of nitrogen functional groups attached to an aromatic ring is 1. The molecule has 5 heteroatoms. The van der Waals surface area contributed by atoms with Crippen molar-refractivity contribution in [3.05, 3.63) is 5.89 Å². The van der Waals surface area contributed by atoms with Crippen molar-refractivity contribution in [1.29, 1.82) is 0 Å². The highest BCUT2D eigenvalue weighted by atomic mass is 16.4. The van der Waals surface area contributed by atoms with E-state index in [1.54, 1.807) is 0 Å². The molecule has 1 aromatic heterocycles. The molecule has 0 radical (unpaired) electrons. The van der Waals surface area contributed by atoms with Crippen LogP contribution in [-0.2, 0) is 0 Å². The molecule has 5 nitrogen and oxygen atoms in total. The number of nitrogens with two attached hydrogens (primary N) is 1. The first kappa shape index (κ1) is 5.67. The average Bonchev–Trinajstić information content (AvgIpc) is 2.10. The molecule has 0 bridgehead atoms. The second-order valence-corrected chi connectivity index (χ2v) is 2.33. The third kappa shape index (κ3) is 0.750. The van der Waals surface area contributed by atoms with Crippen molar-refractivity contribution in [1.82, 2.24) is 15.5 Å². The standard InChI is InChI=1S/C5H8N4O/c6-5-9-8-4(10-5)3-1-7-2-3/h3,7H,1-2H2,(H2,6,9). The molecule has 54 valence electrons. The molecule has 1 aromatic rings. The summed E-state index contributed by atoms with van der Waals surface area (Å²) in [5, 5.41) is 10.4. The third-order valence-electron chi connectivity index (χ3n) is 1.59. The number of nitrogens with one attached hydrogen (secondary N) is 1. The maximum Gasteiger partial charge on any atom is 0.312 e. The Kier molecular flexibility index (Phi) is 1.10. The molecule has 1 fully saturated rings. The summed E-state index contributed by atoms with van der Waals surface area (Å²) in [5.41, 5.74) is 5.23. The normalized spacial score (nSPS) is 18.8. The van der Waals surface area contributed by atoms with Gasteiger partial charge < -0.3 is 15.5 Å². The van der Waals surface area contributed by atoms with Crippen molar-refractivity contribution >= 4 is 6.01 Å². The highest BCUT2D eigenvalue weighted by molar-refractivity contribution is 5.09. The minimum Gasteiger partial charge on any atom is -0.408 e. The number of rotatable bonds is 1. The minimum absolute atomic E-state index is 0.155. The second kappa shape index (κ2) is 1.95. The van der Waals surface area contributed by atoms with Crippen LogP contribution in [0.5, 0.6) is 0 Å². The van der Waals surface area contributed by atoms with Gasteiger partial charge in [-0.25, -0.2) is 0 Å². The van der Waals surface area contributed by atoms with E-state index in [9.17, 15) is 0 Å². The SMILES string of the molecule is Nc1nnc(C2CNC2)o1. The van der Waals surface area contributed by atoms with Gasteiger partial charge in [-0.15, -0.1) is 5.10 Å². The summed E-state index contributed by atoms with van der Waals surface area (Å²) in [6.45, 7) is 1.84. The fraction of sp³-hybridized carbons (Fsp3) is 0.600. The van der Waals surface area contributed by atoms with Crippen LogP contribution in [0.4, 0.5) is 6.01 Å². The van der Waals surface area contributed by atoms with Crippen molar-refractivity contribution in [3.63, 3.8) is 0 Å². The molecule has 1 saturated heterocycles. The number of hydrogen-bond donors (Lipinski definition) is 2. The Labute approximate surface area is 57.6 Å². The number of nitrogens with zero attached hydrogens (tertiary/aromatic N) is 2. The molecule has 2 rings (SSSR count). The molecular weight excluding hydrogens is 132 g/mol. The lowest BCUT2D eigenvalue weighted by molar-refractivity contribution is 0.362. The zero-order chi connectivity index (χ0) is 6.97. The first-order chi connectivity index (χ1) is 4.86. The number of anilines is 1. The van der Waals surface area contributed by atoms with Gasteiger partial charge in [0.1, 0.15) is 0 Å². The largest absolute Gasteiger partial charge is 0.408 e. The molecule has 1 aliphatic heterocycles. The van der Waals surface area contributed by atoms with Gasteiger partial charge in [0, 0.05) is 13.1 Å². The van der Waals surface area contributed by atoms with E-state index in [-0.39, 0.29) is 6.01 Å². The van der Waals surface area contributed by atoms with Gasteiger partial charge in [-0.3, -0.25) is 0 Å². The highest BCUT2D eigenvalue weighted by Crippen LogP contribution is 2.18. The lowest BCUT2D eigenvalue weighted by atomic mass is 10.0. The van der Waals surface area contributed by atoms with Gasteiger partial charge in [-0.1, -0.05) is 5.10 Å². The van der Waals surface area contributed by atoms with Gasteiger partial charge in [-0.05, 0) is 0 Å². The summed E-state index contributed by atoms with van der Waals surface area (Å²) in [5.74, 6) is 1.03. The van der Waals surface area contributed by atoms with Crippen molar-refractivity contribution in [3.8, 4) is 0 Å². The van der Waals surface area contributed by atoms with E-state index in [1.807, 2.05) is 0 Å². The van der Waals surface area contributed by atoms with Crippen LogP contribution in [0.1, 0.15) is 11.8 Å². The van der Waals surface area contributed by atoms with E-state index in [4.69, 9.17) is 10.2 Å². The lowest BCUT2D eigenvalue weighted by Crippen LogP contribution is -2.40. The van der Waals surface area contributed by atoms with Gasteiger partial charge >= 0.3 is 6.01 Å². The van der Waals surface area contributed by atoms with Crippen molar-refractivity contribution in [2.24, 2.45) is 0 Å². The van der Waals surface area contributed by atoms with Crippen LogP contribution in [0.15, 0.2) is 4.42 Å². The summed E-state index contributed by atoms with van der Waals surface area (Å²) >= 11 is 0. The summed E-state index contributed by atoms with van der Waals surface area (Å²) < 4.78 is 5.00. The zero-order valence-electron chi connectivity index (χ0n) is 5.37. The second-order valence-electron chi connectivity index (χ2n) is 2.33. The Morgan fingerprint density at radius 1 is 1.50 bits per heavy atom. The topological polar surface area (TPSA) is 77.0 Å². The van der Waals surface area contributed by atoms with E-state index in [1.165, 1.54) is 0 Å². The predicted molar refractivity (Wildman–Crippen MR) is 34.3 cm³/mol. The molecule has 0 saturated carbocycles. The Balaban J connectivity index is 2.17. The van der Waals surface area contributed by atoms with Crippen LogP contribution in [-0.4, -0.2) is 23.3 Å². The van der Waals surface area contributed by atoms with E-state index >= 15 is 0 Å². The van der Waals surface area contributed by atoms with Crippen molar-refractivity contribution in [2.75, 3.05) is 18.8 Å². The third-order valence-corrected chi connectivity index (χ3v) is 1.59. The molecule has 1 aliphatic rings. The molecule has 10 heavy (non-hydrogen) atoms. The first-order valence-electron chi connectivity index (χ1n) is 3.16. The fourth-order valence-corrected chi connectivity index (χ4v) is 0.875. The lowest BCUT2D eigenvalue weighted by Gasteiger charge is -2.22. The quantitative estimate of drug-likeness (QED) is 0.541. The van der Waals surface area contributed by atoms with Gasteiger partial charge in [0.25, 0.3) is 0 Å². The van der Waals surface area contributed by atoms with E-state index in [0.717, 1.165) is 13.1 Å². The Morgan fingerprint density at radius 3 is 2.70 bits per heavy atom. The van der Waals surface area contributed by atoms with Gasteiger partial charge in [0.2, 0.25) is 5.89 Å². The smallest absolute Gasteiger partial charge is 0.312 e. The van der Waals surface area contributed by atoms with E-state index in [2.05, 4.69) is 15.5 Å². The summed E-state index contributed by atoms with van der Waals surface area (Å²) in [7, 11) is 0. The van der Waals surface area contributed by atoms with Crippen LogP contribution in [0.25, 0.3) is 0 Å². The van der Waals surface area contributed by atoms with Crippen LogP contribution in [0.2, 0.25) is 0 Å². The Bertz CT molecular complexity index is 229. The highest BCUT2D eigenvalue weighted by Gasteiger charge is 2.24. The van der Waals surface area contributed by atoms with Crippen LogP contribution in [0.3, 0.4) is 0 Å². The molecule has 0 unspecified atom stereocenters. The van der Waals surface area contributed by atoms with Crippen molar-refractivity contribution < 1.29 is 4.42 Å². The first-order valence-corrected chi connectivity index (χ1v) is 3.16. The van der Waals surface area contributed by atoms with Crippen LogP contribution < -0.4 is 11.1 Å². The van der Waals surface area contributed by atoms with E-state index in [0.29, 0.717) is 11.8 Å². The Hall–Kier alpha value is -1.10. The molecule has 0 atom stereocenters. The monoisotopic (exact) mass is 140 g/mol. The molecule has 2 heterocycles. The maximum absolute atomic E-state index is 5.23. The molecule has 3 N–H and O–H groups in total.